The van der Waals surface area contributed by atoms with Crippen LogP contribution in [0.2, 0.25) is 0 Å². The minimum atomic E-state index is -5.43. The Labute approximate surface area is 247 Å². The quantitative estimate of drug-likeness (QED) is 0.117. The number of fused-ring (bicyclic) bond motifs is 1. The fourth-order valence-electron chi connectivity index (χ4n) is 4.55. The van der Waals surface area contributed by atoms with Crippen molar-refractivity contribution >= 4 is 55.1 Å². The highest BCUT2D eigenvalue weighted by Crippen LogP contribution is 2.62. The van der Waals surface area contributed by atoms with E-state index in [9.17, 15) is 39.2 Å². The molecule has 2 aromatic rings. The number of halogens is 1. The Morgan fingerprint density at radius 1 is 1.19 bits per heavy atom. The Hall–Kier alpha value is -0.970. The monoisotopic (exact) mass is 680 g/mol. The highest BCUT2D eigenvalue weighted by Gasteiger charge is 2.51. The fourth-order valence-corrected chi connectivity index (χ4v) is 9.44. The van der Waals surface area contributed by atoms with Crippen molar-refractivity contribution in [2.75, 3.05) is 33.0 Å². The maximum absolute atomic E-state index is 14.0. The van der Waals surface area contributed by atoms with Gasteiger partial charge in [0.25, 0.3) is 0 Å². The molecule has 9 N–H and O–H groups in total. The zero-order chi connectivity index (χ0) is 31.1. The number of aromatic nitrogens is 4. The molecular weight excluding hydrogens is 649 g/mol. The first kappa shape index (κ1) is 33.9. The van der Waals surface area contributed by atoms with Crippen molar-refractivity contribution < 1.29 is 62.4 Å². The molecular formula is C19H31FN6O12P2S2. The number of phosphoric ester groups is 1. The van der Waals surface area contributed by atoms with E-state index in [2.05, 4.69) is 23.8 Å². The van der Waals surface area contributed by atoms with Crippen LogP contribution in [0.3, 0.4) is 0 Å². The van der Waals surface area contributed by atoms with E-state index in [1.54, 1.807) is 23.6 Å². The lowest BCUT2D eigenvalue weighted by Gasteiger charge is -2.41. The van der Waals surface area contributed by atoms with Crippen molar-refractivity contribution in [3.63, 3.8) is 0 Å². The average molecular weight is 681 g/mol. The fraction of sp³-hybridized carbons (Fsp3) is 0.737. The molecule has 0 aromatic carbocycles. The van der Waals surface area contributed by atoms with Gasteiger partial charge in [-0.1, -0.05) is 0 Å². The normalized spacial score (nSPS) is 35.7. The number of imidazole rings is 1. The van der Waals surface area contributed by atoms with Gasteiger partial charge < -0.3 is 59.8 Å². The second-order valence-corrected chi connectivity index (χ2v) is 15.4. The molecule has 42 heavy (non-hydrogen) atoms. The molecule has 2 aliphatic rings. The highest BCUT2D eigenvalue weighted by atomic mass is 32.5. The number of aliphatic hydroxyl groups excluding tert-OH is 5. The largest absolute Gasteiger partial charge is 0.481 e. The lowest BCUT2D eigenvalue weighted by Crippen LogP contribution is -2.60. The van der Waals surface area contributed by atoms with E-state index in [4.69, 9.17) is 31.9 Å². The molecule has 238 valence electrons. The topological polar surface area (TPSA) is 268 Å². The van der Waals surface area contributed by atoms with E-state index in [-0.39, 0.29) is 5.82 Å². The molecule has 7 unspecified atom stereocenters. The summed E-state index contributed by atoms with van der Waals surface area (Å²) in [5.41, 5.74) is 6.66. The molecule has 0 spiro atoms. The summed E-state index contributed by atoms with van der Waals surface area (Å²) < 4.78 is 47.7. The number of nitrogens with two attached hydrogens (primary N) is 1. The predicted octanol–water partition coefficient (Wildman–Crippen LogP) is -2.18. The number of thioether (sulfide) groups is 1. The van der Waals surface area contributed by atoms with E-state index in [1.165, 1.54) is 24.4 Å². The van der Waals surface area contributed by atoms with Gasteiger partial charge in [-0.3, -0.25) is 4.52 Å². The molecule has 0 aliphatic carbocycles. The second kappa shape index (κ2) is 13.2. The maximum atomic E-state index is 14.0. The molecule has 2 fully saturated rings. The Balaban J connectivity index is 1.42. The van der Waals surface area contributed by atoms with E-state index < -0.39 is 87.4 Å². The van der Waals surface area contributed by atoms with Crippen molar-refractivity contribution in [3.05, 3.63) is 12.7 Å². The molecule has 18 nitrogen and oxygen atoms in total. The molecule has 0 amide bonds. The molecule has 12 atom stereocenters. The average Bonchev–Trinajstić information content (AvgIpc) is 3.48. The number of hydrogen-bond acceptors (Lipinski definition) is 17. The molecule has 2 saturated heterocycles. The summed E-state index contributed by atoms with van der Waals surface area (Å²) in [6.07, 6.45) is -11.0. The van der Waals surface area contributed by atoms with Crippen LogP contribution in [0.5, 0.6) is 0 Å². The molecule has 4 heterocycles. The molecule has 4 rings (SSSR count). The summed E-state index contributed by atoms with van der Waals surface area (Å²) in [6, 6.07) is -0.528. The summed E-state index contributed by atoms with van der Waals surface area (Å²) in [5.74, 6) is 0.169. The Bertz CT molecular complexity index is 1350. The maximum Gasteiger partial charge on any atom is 0.481 e. The lowest BCUT2D eigenvalue weighted by atomic mass is 9.96. The van der Waals surface area contributed by atoms with Crippen LogP contribution in [0.4, 0.5) is 10.2 Å². The summed E-state index contributed by atoms with van der Waals surface area (Å²) in [4.78, 5) is 34.8. The number of anilines is 1. The van der Waals surface area contributed by atoms with E-state index >= 15 is 0 Å². The highest BCUT2D eigenvalue weighted by molar-refractivity contribution is 8.08. The van der Waals surface area contributed by atoms with Crippen molar-refractivity contribution in [1.82, 2.24) is 24.4 Å². The first-order valence-corrected chi connectivity index (χ1v) is 17.2. The Morgan fingerprint density at radius 2 is 1.88 bits per heavy atom. The van der Waals surface area contributed by atoms with Gasteiger partial charge in [0.2, 0.25) is 0 Å². The number of phosphoric acid groups is 1. The van der Waals surface area contributed by atoms with Crippen molar-refractivity contribution in [2.45, 2.75) is 59.6 Å². The van der Waals surface area contributed by atoms with Crippen molar-refractivity contribution in [2.24, 2.45) is 0 Å². The number of ether oxygens (including phenoxy) is 1. The minimum absolute atomic E-state index is 0.169. The van der Waals surface area contributed by atoms with Crippen molar-refractivity contribution in [3.8, 4) is 0 Å². The lowest BCUT2D eigenvalue weighted by molar-refractivity contribution is -0.287. The van der Waals surface area contributed by atoms with E-state index in [0.717, 1.165) is 0 Å². The van der Waals surface area contributed by atoms with Gasteiger partial charge in [-0.15, -0.1) is 11.8 Å². The van der Waals surface area contributed by atoms with Crippen LogP contribution in [0.1, 0.15) is 5.37 Å². The molecule has 2 aromatic heterocycles. The third-order valence-corrected chi connectivity index (χ3v) is 11.6. The molecule has 0 radical (unpaired) electrons. The Kier molecular flexibility index (Phi) is 10.6. The molecule has 2 aliphatic heterocycles. The number of hydrogen-bond donors (Lipinski definition) is 8. The molecule has 0 bridgehead atoms. The number of aliphatic hydroxyl groups is 5. The first-order chi connectivity index (χ1) is 19.6. The van der Waals surface area contributed by atoms with Crippen LogP contribution in [0.15, 0.2) is 12.7 Å². The molecule has 23 heteroatoms. The summed E-state index contributed by atoms with van der Waals surface area (Å²) in [6.45, 7) is -6.18. The smallest absolute Gasteiger partial charge is 0.393 e. The number of alkyl halides is 1. The van der Waals surface area contributed by atoms with Crippen LogP contribution in [-0.4, -0.2) is 141 Å². The second-order valence-electron chi connectivity index (χ2n) is 9.65. The standard InChI is InChI=1S/C19H31FN6O12P2S2/c1-25(2)10-11(28)8(42-18(10)26-6-24-9-16(21)22-5-23-17(9)26)4-35-40(34,41)38-39(32,33)37-19-14(31)12(29)13(30)15(36-19)7(20)3-27/h5-8,10-15,18-19,27-31H,3-4H2,1-2H3,(H,32,33)(H,34,41)(H2,21,22,23)/t7-,8+,10+,11+,12?,13?,14?,15?,18+,19?,40?/m0/s1. The zero-order valence-electron chi connectivity index (χ0n) is 21.9. The minimum Gasteiger partial charge on any atom is -0.393 e. The van der Waals surface area contributed by atoms with Crippen LogP contribution < -0.4 is 5.73 Å². The number of rotatable bonds is 11. The van der Waals surface area contributed by atoms with Crippen LogP contribution >= 0.6 is 26.3 Å². The van der Waals surface area contributed by atoms with Crippen LogP contribution in [0.25, 0.3) is 11.2 Å². The third kappa shape index (κ3) is 7.12. The SMILES string of the molecule is CN(C)[C@@H]1[C@H](O)[C@@H](COP(O)(=S)OP(=O)(O)OC2OC([C@@H](F)CO)C(O)C(O)C2O)S[C@H]1n1cnc2c(N)ncnc21. The van der Waals surface area contributed by atoms with Crippen LogP contribution in [0, 0.1) is 0 Å². The van der Waals surface area contributed by atoms with Gasteiger partial charge in [0.05, 0.1) is 36.9 Å². The van der Waals surface area contributed by atoms with Gasteiger partial charge in [-0.05, 0) is 25.9 Å². The first-order valence-electron chi connectivity index (χ1n) is 12.1. The molecule has 0 saturated carbocycles. The number of nitrogen functional groups attached to an aromatic ring is 1. The van der Waals surface area contributed by atoms with Gasteiger partial charge in [0, 0.05) is 0 Å². The summed E-state index contributed by atoms with van der Waals surface area (Å²) in [7, 11) is -1.96. The van der Waals surface area contributed by atoms with Crippen LogP contribution in [-0.2, 0) is 34.5 Å². The van der Waals surface area contributed by atoms with E-state index in [0.29, 0.717) is 11.2 Å². The summed E-state index contributed by atoms with van der Waals surface area (Å²) >= 11 is 6.05. The number of likely N-dealkylation sites (N-methyl/N-ethyl adjacent to an activating group) is 1. The van der Waals surface area contributed by atoms with Gasteiger partial charge >= 0.3 is 14.5 Å². The van der Waals surface area contributed by atoms with Gasteiger partial charge in [0.15, 0.2) is 23.9 Å². The predicted molar refractivity (Wildman–Crippen MR) is 147 cm³/mol. The van der Waals surface area contributed by atoms with Gasteiger partial charge in [0.1, 0.15) is 41.6 Å². The van der Waals surface area contributed by atoms with Gasteiger partial charge in [-0.25, -0.2) is 28.2 Å². The zero-order valence-corrected chi connectivity index (χ0v) is 25.3. The van der Waals surface area contributed by atoms with Gasteiger partial charge in [-0.2, -0.15) is 0 Å². The Morgan fingerprint density at radius 3 is 2.52 bits per heavy atom. The summed E-state index contributed by atoms with van der Waals surface area (Å²) in [5, 5.41) is 48.8. The third-order valence-electron chi connectivity index (χ3n) is 6.58. The number of nitrogens with zero attached hydrogens (tertiary/aromatic N) is 5. The van der Waals surface area contributed by atoms with E-state index in [1.807, 2.05) is 0 Å². The van der Waals surface area contributed by atoms with Crippen molar-refractivity contribution in [1.29, 1.82) is 0 Å².